The van der Waals surface area contributed by atoms with E-state index in [0.29, 0.717) is 0 Å². The van der Waals surface area contributed by atoms with E-state index in [0.717, 1.165) is 50.1 Å². The lowest BCUT2D eigenvalue weighted by Crippen LogP contribution is -2.50. The fourth-order valence-corrected chi connectivity index (χ4v) is 3.36. The molecule has 22 heavy (non-hydrogen) atoms. The van der Waals surface area contributed by atoms with E-state index in [2.05, 4.69) is 20.3 Å². The molecule has 0 aromatic carbocycles. The van der Waals surface area contributed by atoms with E-state index < -0.39 is 0 Å². The van der Waals surface area contributed by atoms with Gasteiger partial charge in [0.05, 0.1) is 6.20 Å². The minimum Gasteiger partial charge on any atom is -0.353 e. The number of hydrogen-bond acceptors (Lipinski definition) is 4. The summed E-state index contributed by atoms with van der Waals surface area (Å²) in [5, 5.41) is 7.50. The number of aromatic nitrogens is 3. The largest absolute Gasteiger partial charge is 0.353 e. The Balaban J connectivity index is 1.48. The third-order valence-corrected chi connectivity index (χ3v) is 4.85. The van der Waals surface area contributed by atoms with E-state index >= 15 is 0 Å². The second-order valence-corrected chi connectivity index (χ2v) is 6.33. The first-order valence-corrected chi connectivity index (χ1v) is 8.15. The number of hydrogen-bond donors (Lipinski definition) is 1. The van der Waals surface area contributed by atoms with Crippen LogP contribution in [0, 0.1) is 5.92 Å². The first-order chi connectivity index (χ1) is 10.8. The van der Waals surface area contributed by atoms with Crippen molar-refractivity contribution in [2.45, 2.75) is 38.1 Å². The highest BCUT2D eigenvalue weighted by atomic mass is 16.2. The third-order valence-electron chi connectivity index (χ3n) is 4.85. The van der Waals surface area contributed by atoms with Crippen LogP contribution in [-0.4, -0.2) is 39.6 Å². The van der Waals surface area contributed by atoms with Crippen LogP contribution in [0.2, 0.25) is 0 Å². The highest BCUT2D eigenvalue weighted by Crippen LogP contribution is 2.27. The molecule has 1 saturated heterocycles. The lowest BCUT2D eigenvalue weighted by molar-refractivity contribution is -0.128. The number of amides is 1. The molecule has 1 aliphatic carbocycles. The van der Waals surface area contributed by atoms with Gasteiger partial charge >= 0.3 is 0 Å². The Hall–Kier alpha value is -2.11. The lowest BCUT2D eigenvalue weighted by Gasteiger charge is -2.35. The van der Waals surface area contributed by atoms with Crippen molar-refractivity contribution in [3.8, 4) is 0 Å². The number of piperidine rings is 1. The zero-order valence-corrected chi connectivity index (χ0v) is 12.6. The van der Waals surface area contributed by atoms with Gasteiger partial charge in [0.1, 0.15) is 5.52 Å². The molecule has 0 spiro atoms. The molecular weight excluding hydrogens is 278 g/mol. The molecule has 1 saturated carbocycles. The third kappa shape index (κ3) is 2.42. The lowest BCUT2D eigenvalue weighted by atomic mass is 9.84. The zero-order valence-electron chi connectivity index (χ0n) is 12.6. The molecule has 0 radical (unpaired) electrons. The fourth-order valence-electron chi connectivity index (χ4n) is 3.36. The van der Waals surface area contributed by atoms with Crippen LogP contribution in [0.5, 0.6) is 0 Å². The van der Waals surface area contributed by atoms with Crippen molar-refractivity contribution in [2.75, 3.05) is 18.0 Å². The standard InChI is InChI=1S/C16H21N5O/c22-16(12-3-1-4-12)19-13-5-2-9-20(11-13)15-14-6-7-18-21(14)10-8-17-15/h6-8,10,12-13H,1-5,9,11H2,(H,19,22). The molecule has 3 heterocycles. The first kappa shape index (κ1) is 13.5. The van der Waals surface area contributed by atoms with Crippen LogP contribution in [-0.2, 0) is 4.79 Å². The summed E-state index contributed by atoms with van der Waals surface area (Å²) in [5.74, 6) is 1.46. The minimum atomic E-state index is 0.229. The Morgan fingerprint density at radius 2 is 2.14 bits per heavy atom. The topological polar surface area (TPSA) is 62.5 Å². The van der Waals surface area contributed by atoms with Gasteiger partial charge in [-0.15, -0.1) is 0 Å². The Labute approximate surface area is 129 Å². The van der Waals surface area contributed by atoms with Gasteiger partial charge in [-0.2, -0.15) is 5.10 Å². The maximum atomic E-state index is 12.1. The van der Waals surface area contributed by atoms with Gasteiger partial charge in [-0.1, -0.05) is 6.42 Å². The van der Waals surface area contributed by atoms with E-state index in [9.17, 15) is 4.79 Å². The summed E-state index contributed by atoms with van der Waals surface area (Å²) < 4.78 is 1.85. The van der Waals surface area contributed by atoms with E-state index in [1.165, 1.54) is 6.42 Å². The molecule has 2 aromatic heterocycles. The molecule has 1 N–H and O–H groups in total. The highest BCUT2D eigenvalue weighted by molar-refractivity contribution is 5.79. The summed E-state index contributed by atoms with van der Waals surface area (Å²) in [4.78, 5) is 18.9. The van der Waals surface area contributed by atoms with E-state index in [-0.39, 0.29) is 17.9 Å². The van der Waals surface area contributed by atoms with Gasteiger partial charge < -0.3 is 10.2 Å². The first-order valence-electron chi connectivity index (χ1n) is 8.15. The molecule has 6 nitrogen and oxygen atoms in total. The SMILES string of the molecule is O=C(NC1CCCN(c2nccn3nccc23)C1)C1CCC1. The summed E-state index contributed by atoms with van der Waals surface area (Å²) in [7, 11) is 0. The molecule has 2 fully saturated rings. The van der Waals surface area contributed by atoms with Gasteiger partial charge in [0.2, 0.25) is 5.91 Å². The summed E-state index contributed by atoms with van der Waals surface area (Å²) >= 11 is 0. The summed E-state index contributed by atoms with van der Waals surface area (Å²) in [5.41, 5.74) is 1.02. The van der Waals surface area contributed by atoms with Crippen molar-refractivity contribution in [1.82, 2.24) is 19.9 Å². The van der Waals surface area contributed by atoms with E-state index in [1.807, 2.05) is 16.8 Å². The smallest absolute Gasteiger partial charge is 0.223 e. The highest BCUT2D eigenvalue weighted by Gasteiger charge is 2.29. The van der Waals surface area contributed by atoms with Gasteiger partial charge in [-0.25, -0.2) is 9.50 Å². The van der Waals surface area contributed by atoms with Crippen LogP contribution in [0.1, 0.15) is 32.1 Å². The van der Waals surface area contributed by atoms with Crippen molar-refractivity contribution >= 4 is 17.2 Å². The average molecular weight is 299 g/mol. The Kier molecular flexibility index (Phi) is 3.44. The summed E-state index contributed by atoms with van der Waals surface area (Å²) in [6, 6.07) is 2.21. The van der Waals surface area contributed by atoms with Crippen molar-refractivity contribution in [3.63, 3.8) is 0 Å². The quantitative estimate of drug-likeness (QED) is 0.935. The molecule has 1 atom stereocenters. The Bertz CT molecular complexity index is 678. The van der Waals surface area contributed by atoms with Gasteiger partial charge in [-0.3, -0.25) is 4.79 Å². The number of carbonyl (C=O) groups excluding carboxylic acids is 1. The van der Waals surface area contributed by atoms with Gasteiger partial charge in [0, 0.05) is 37.4 Å². The molecule has 4 rings (SSSR count). The van der Waals surface area contributed by atoms with Crippen molar-refractivity contribution in [3.05, 3.63) is 24.7 Å². The molecule has 2 aromatic rings. The normalized spacial score (nSPS) is 22.5. The van der Waals surface area contributed by atoms with Gasteiger partial charge in [0.15, 0.2) is 5.82 Å². The van der Waals surface area contributed by atoms with Gasteiger partial charge in [-0.05, 0) is 31.7 Å². The molecule has 6 heteroatoms. The van der Waals surface area contributed by atoms with E-state index in [4.69, 9.17) is 0 Å². The van der Waals surface area contributed by atoms with Crippen LogP contribution in [0.4, 0.5) is 5.82 Å². The fraction of sp³-hybridized carbons (Fsp3) is 0.562. The molecular formula is C16H21N5O. The van der Waals surface area contributed by atoms with E-state index in [1.54, 1.807) is 12.4 Å². The second-order valence-electron chi connectivity index (χ2n) is 6.33. The summed E-state index contributed by atoms with van der Waals surface area (Å²) in [6.45, 7) is 1.81. The number of rotatable bonds is 3. The monoisotopic (exact) mass is 299 g/mol. The van der Waals surface area contributed by atoms with Crippen LogP contribution < -0.4 is 10.2 Å². The Morgan fingerprint density at radius 3 is 2.95 bits per heavy atom. The maximum Gasteiger partial charge on any atom is 0.223 e. The maximum absolute atomic E-state index is 12.1. The molecule has 0 bridgehead atoms. The number of nitrogens with zero attached hydrogens (tertiary/aromatic N) is 4. The van der Waals surface area contributed by atoms with Crippen LogP contribution in [0.15, 0.2) is 24.7 Å². The predicted molar refractivity (Wildman–Crippen MR) is 83.7 cm³/mol. The zero-order chi connectivity index (χ0) is 14.9. The minimum absolute atomic E-state index is 0.229. The molecule has 1 unspecified atom stereocenters. The number of carbonyl (C=O) groups is 1. The molecule has 1 aliphatic heterocycles. The second kappa shape index (κ2) is 5.59. The number of nitrogens with one attached hydrogen (secondary N) is 1. The number of anilines is 1. The van der Waals surface area contributed by atoms with Crippen LogP contribution in [0.25, 0.3) is 5.52 Å². The Morgan fingerprint density at radius 1 is 1.23 bits per heavy atom. The van der Waals surface area contributed by atoms with Crippen molar-refractivity contribution in [2.24, 2.45) is 5.92 Å². The summed E-state index contributed by atoms with van der Waals surface area (Å²) in [6.07, 6.45) is 10.9. The molecule has 2 aliphatic rings. The van der Waals surface area contributed by atoms with Crippen molar-refractivity contribution < 1.29 is 4.79 Å². The van der Waals surface area contributed by atoms with Crippen molar-refractivity contribution in [1.29, 1.82) is 0 Å². The van der Waals surface area contributed by atoms with Gasteiger partial charge in [0.25, 0.3) is 0 Å². The molecule has 1 amide bonds. The predicted octanol–water partition coefficient (Wildman–Crippen LogP) is 1.61. The van der Waals surface area contributed by atoms with Crippen LogP contribution in [0.3, 0.4) is 0 Å². The average Bonchev–Trinajstić information content (AvgIpc) is 2.93. The van der Waals surface area contributed by atoms with Crippen LogP contribution >= 0.6 is 0 Å². The molecule has 116 valence electrons. The number of fused-ring (bicyclic) bond motifs is 1.